The molecule has 0 bridgehead atoms. The summed E-state index contributed by atoms with van der Waals surface area (Å²) in [7, 11) is 0. The SMILES string of the molecule is CCC(N)C(SCC(C)CO)c1cccc(Br)c1. The molecule has 0 amide bonds. The summed E-state index contributed by atoms with van der Waals surface area (Å²) in [6.07, 6.45) is 0.956. The summed E-state index contributed by atoms with van der Waals surface area (Å²) in [6, 6.07) is 8.48. The lowest BCUT2D eigenvalue weighted by Crippen LogP contribution is -2.26. The smallest absolute Gasteiger partial charge is 0.0464 e. The molecule has 1 aromatic carbocycles. The highest BCUT2D eigenvalue weighted by atomic mass is 79.9. The van der Waals surface area contributed by atoms with Crippen LogP contribution in [0.25, 0.3) is 0 Å². The van der Waals surface area contributed by atoms with Gasteiger partial charge in [-0.15, -0.1) is 0 Å². The molecular weight excluding hydrogens is 310 g/mol. The van der Waals surface area contributed by atoms with Crippen LogP contribution < -0.4 is 5.73 Å². The van der Waals surface area contributed by atoms with Crippen molar-refractivity contribution in [1.82, 2.24) is 0 Å². The van der Waals surface area contributed by atoms with E-state index in [1.54, 1.807) is 0 Å². The Balaban J connectivity index is 2.78. The Labute approximate surface area is 122 Å². The second kappa shape index (κ2) is 8.20. The fraction of sp³-hybridized carbons (Fsp3) is 0.571. The van der Waals surface area contributed by atoms with E-state index in [1.165, 1.54) is 5.56 Å². The molecule has 2 nitrogen and oxygen atoms in total. The van der Waals surface area contributed by atoms with Gasteiger partial charge in [0, 0.05) is 22.4 Å². The quantitative estimate of drug-likeness (QED) is 0.802. The fourth-order valence-corrected chi connectivity index (χ4v) is 3.52. The molecule has 0 aliphatic carbocycles. The topological polar surface area (TPSA) is 46.2 Å². The van der Waals surface area contributed by atoms with Gasteiger partial charge in [0.2, 0.25) is 0 Å². The van der Waals surface area contributed by atoms with E-state index >= 15 is 0 Å². The van der Waals surface area contributed by atoms with Gasteiger partial charge in [-0.05, 0) is 35.8 Å². The van der Waals surface area contributed by atoms with Crippen LogP contribution in [0, 0.1) is 5.92 Å². The van der Waals surface area contributed by atoms with Gasteiger partial charge >= 0.3 is 0 Å². The van der Waals surface area contributed by atoms with Crippen LogP contribution >= 0.6 is 27.7 Å². The van der Waals surface area contributed by atoms with E-state index in [9.17, 15) is 0 Å². The molecule has 0 radical (unpaired) electrons. The molecule has 0 heterocycles. The van der Waals surface area contributed by atoms with Crippen LogP contribution in [0.5, 0.6) is 0 Å². The van der Waals surface area contributed by atoms with E-state index in [-0.39, 0.29) is 12.6 Å². The van der Waals surface area contributed by atoms with Crippen LogP contribution in [0.15, 0.2) is 28.7 Å². The first-order valence-electron chi connectivity index (χ1n) is 6.32. The first kappa shape index (κ1) is 16.0. The van der Waals surface area contributed by atoms with Crippen molar-refractivity contribution >= 4 is 27.7 Å². The molecule has 1 aromatic rings. The van der Waals surface area contributed by atoms with Crippen molar-refractivity contribution in [2.24, 2.45) is 11.7 Å². The molecule has 102 valence electrons. The Morgan fingerprint density at radius 3 is 2.72 bits per heavy atom. The molecule has 0 aliphatic rings. The minimum absolute atomic E-state index is 0.148. The maximum atomic E-state index is 9.11. The highest BCUT2D eigenvalue weighted by molar-refractivity contribution is 9.10. The monoisotopic (exact) mass is 331 g/mol. The van der Waals surface area contributed by atoms with Crippen LogP contribution in [-0.2, 0) is 0 Å². The van der Waals surface area contributed by atoms with E-state index in [0.29, 0.717) is 11.2 Å². The van der Waals surface area contributed by atoms with Gasteiger partial charge in [0.05, 0.1) is 0 Å². The van der Waals surface area contributed by atoms with Crippen LogP contribution in [0.3, 0.4) is 0 Å². The first-order valence-corrected chi connectivity index (χ1v) is 8.16. The Morgan fingerprint density at radius 1 is 1.44 bits per heavy atom. The number of halogens is 1. The number of benzene rings is 1. The molecule has 1 rings (SSSR count). The number of aliphatic hydroxyl groups excluding tert-OH is 1. The zero-order valence-corrected chi connectivity index (χ0v) is 13.4. The zero-order chi connectivity index (χ0) is 13.5. The Kier molecular flexibility index (Phi) is 7.30. The zero-order valence-electron chi connectivity index (χ0n) is 11.0. The normalized spacial score (nSPS) is 16.3. The summed E-state index contributed by atoms with van der Waals surface area (Å²) in [5, 5.41) is 9.40. The Hall–Kier alpha value is -0.0300. The van der Waals surface area contributed by atoms with Crippen molar-refractivity contribution in [3.05, 3.63) is 34.3 Å². The minimum Gasteiger partial charge on any atom is -0.396 e. The van der Waals surface area contributed by atoms with Crippen molar-refractivity contribution in [2.75, 3.05) is 12.4 Å². The van der Waals surface area contributed by atoms with Gasteiger partial charge < -0.3 is 10.8 Å². The Morgan fingerprint density at radius 2 is 2.17 bits per heavy atom. The average Bonchev–Trinajstić information content (AvgIpc) is 2.38. The molecule has 3 N–H and O–H groups in total. The van der Waals surface area contributed by atoms with Crippen molar-refractivity contribution in [2.45, 2.75) is 31.6 Å². The minimum atomic E-state index is 0.148. The van der Waals surface area contributed by atoms with E-state index in [1.807, 2.05) is 23.9 Å². The van der Waals surface area contributed by atoms with Crippen LogP contribution in [-0.4, -0.2) is 23.5 Å². The Bertz CT molecular complexity index is 361. The number of thioether (sulfide) groups is 1. The molecule has 0 aromatic heterocycles. The molecule has 3 unspecified atom stereocenters. The second-order valence-corrected chi connectivity index (χ2v) is 6.76. The standard InChI is InChI=1S/C14H22BrNOS/c1-3-13(16)14(18-9-10(2)8-17)11-5-4-6-12(15)7-11/h4-7,10,13-14,17H,3,8-9,16H2,1-2H3. The number of aliphatic hydroxyl groups is 1. The van der Waals surface area contributed by atoms with Gasteiger partial charge in [-0.3, -0.25) is 0 Å². The van der Waals surface area contributed by atoms with E-state index in [0.717, 1.165) is 16.6 Å². The van der Waals surface area contributed by atoms with Gasteiger partial charge in [0.1, 0.15) is 0 Å². The third kappa shape index (κ3) is 4.92. The van der Waals surface area contributed by atoms with Crippen LogP contribution in [0.1, 0.15) is 31.1 Å². The van der Waals surface area contributed by atoms with Crippen molar-refractivity contribution < 1.29 is 5.11 Å². The van der Waals surface area contributed by atoms with Crippen LogP contribution in [0.4, 0.5) is 0 Å². The van der Waals surface area contributed by atoms with E-state index in [4.69, 9.17) is 10.8 Å². The molecule has 3 atom stereocenters. The molecule has 0 aliphatic heterocycles. The first-order chi connectivity index (χ1) is 8.58. The molecular formula is C14H22BrNOS. The number of hydrogen-bond donors (Lipinski definition) is 2. The molecule has 0 saturated heterocycles. The van der Waals surface area contributed by atoms with E-state index in [2.05, 4.69) is 41.9 Å². The summed E-state index contributed by atoms with van der Waals surface area (Å²) in [5.41, 5.74) is 7.49. The second-order valence-electron chi connectivity index (χ2n) is 4.67. The lowest BCUT2D eigenvalue weighted by molar-refractivity contribution is 0.250. The average molecular weight is 332 g/mol. The van der Waals surface area contributed by atoms with Crippen molar-refractivity contribution in [3.63, 3.8) is 0 Å². The van der Waals surface area contributed by atoms with Gasteiger partial charge in [-0.25, -0.2) is 0 Å². The summed E-state index contributed by atoms with van der Waals surface area (Å²) in [5.74, 6) is 1.25. The van der Waals surface area contributed by atoms with Crippen molar-refractivity contribution in [1.29, 1.82) is 0 Å². The predicted molar refractivity (Wildman–Crippen MR) is 83.9 cm³/mol. The maximum absolute atomic E-state index is 9.11. The lowest BCUT2D eigenvalue weighted by atomic mass is 10.0. The molecule has 18 heavy (non-hydrogen) atoms. The summed E-state index contributed by atoms with van der Waals surface area (Å²) in [4.78, 5) is 0. The highest BCUT2D eigenvalue weighted by Crippen LogP contribution is 2.34. The molecule has 4 heteroatoms. The maximum Gasteiger partial charge on any atom is 0.0464 e. The van der Waals surface area contributed by atoms with Crippen molar-refractivity contribution in [3.8, 4) is 0 Å². The largest absolute Gasteiger partial charge is 0.396 e. The predicted octanol–water partition coefficient (Wildman–Crippen LogP) is 3.59. The van der Waals surface area contributed by atoms with Gasteiger partial charge in [-0.2, -0.15) is 11.8 Å². The van der Waals surface area contributed by atoms with Gasteiger partial charge in [0.25, 0.3) is 0 Å². The van der Waals surface area contributed by atoms with Gasteiger partial charge in [0.15, 0.2) is 0 Å². The third-order valence-corrected chi connectivity index (χ3v) is 5.15. The molecule has 0 fully saturated rings. The number of rotatable bonds is 7. The van der Waals surface area contributed by atoms with Gasteiger partial charge in [-0.1, -0.05) is 41.9 Å². The van der Waals surface area contributed by atoms with Crippen LogP contribution in [0.2, 0.25) is 0 Å². The lowest BCUT2D eigenvalue weighted by Gasteiger charge is -2.24. The molecule has 0 spiro atoms. The third-order valence-electron chi connectivity index (χ3n) is 2.91. The summed E-state index contributed by atoms with van der Waals surface area (Å²) in [6.45, 7) is 4.41. The number of hydrogen-bond acceptors (Lipinski definition) is 3. The highest BCUT2D eigenvalue weighted by Gasteiger charge is 2.20. The summed E-state index contributed by atoms with van der Waals surface area (Å²) >= 11 is 5.35. The van der Waals surface area contributed by atoms with E-state index < -0.39 is 0 Å². The number of nitrogens with two attached hydrogens (primary N) is 1. The fourth-order valence-electron chi connectivity index (χ4n) is 1.69. The molecule has 0 saturated carbocycles. The summed E-state index contributed by atoms with van der Waals surface area (Å²) < 4.78 is 1.09.